The van der Waals surface area contributed by atoms with E-state index in [0.29, 0.717) is 17.2 Å². The first-order valence-corrected chi connectivity index (χ1v) is 14.2. The number of amides is 1. The van der Waals surface area contributed by atoms with E-state index in [1.807, 2.05) is 30.3 Å². The van der Waals surface area contributed by atoms with E-state index < -0.39 is 0 Å². The molecule has 2 heterocycles. The van der Waals surface area contributed by atoms with Crippen molar-refractivity contribution in [3.05, 3.63) is 114 Å². The van der Waals surface area contributed by atoms with Crippen LogP contribution in [-0.2, 0) is 4.74 Å². The average molecular weight is 551 g/mol. The number of methoxy groups -OCH3 is 1. The SMILES string of the molecule is COc1cccc(C(=O)Nc2cccc([C@H](C)NC3=C/C(C)C/C=C/C(c4cccc(N5CCOCC5)c4)=N\3)c2)c1. The van der Waals surface area contributed by atoms with Crippen molar-refractivity contribution in [3.8, 4) is 5.75 Å². The number of anilines is 2. The number of benzene rings is 3. The zero-order valence-corrected chi connectivity index (χ0v) is 24.0. The Morgan fingerprint density at radius 3 is 2.68 bits per heavy atom. The molecule has 5 rings (SSSR count). The van der Waals surface area contributed by atoms with Crippen molar-refractivity contribution in [2.24, 2.45) is 10.9 Å². The second kappa shape index (κ2) is 13.3. The fourth-order valence-electron chi connectivity index (χ4n) is 5.02. The molecule has 3 aromatic carbocycles. The fraction of sp³-hybridized carbons (Fsp3) is 0.294. The summed E-state index contributed by atoms with van der Waals surface area (Å²) >= 11 is 0. The Morgan fingerprint density at radius 2 is 1.85 bits per heavy atom. The molecule has 2 aliphatic heterocycles. The molecular formula is C34H38N4O3. The van der Waals surface area contributed by atoms with Crippen molar-refractivity contribution in [1.82, 2.24) is 5.32 Å². The topological polar surface area (TPSA) is 75.2 Å². The van der Waals surface area contributed by atoms with Gasteiger partial charge in [-0.1, -0.05) is 43.3 Å². The first-order valence-electron chi connectivity index (χ1n) is 14.2. The maximum atomic E-state index is 12.9. The molecule has 1 unspecified atom stereocenters. The van der Waals surface area contributed by atoms with E-state index in [9.17, 15) is 4.79 Å². The van der Waals surface area contributed by atoms with E-state index in [0.717, 1.165) is 61.1 Å². The molecule has 0 aromatic heterocycles. The van der Waals surface area contributed by atoms with Crippen LogP contribution < -0.4 is 20.3 Å². The Labute approximate surface area is 242 Å². The maximum absolute atomic E-state index is 12.9. The Morgan fingerprint density at radius 1 is 1.05 bits per heavy atom. The Balaban J connectivity index is 1.33. The van der Waals surface area contributed by atoms with E-state index in [2.05, 4.69) is 77.9 Å². The third-order valence-corrected chi connectivity index (χ3v) is 7.33. The minimum Gasteiger partial charge on any atom is -0.497 e. The molecule has 7 nitrogen and oxygen atoms in total. The number of ether oxygens (including phenoxy) is 2. The number of morpholine rings is 1. The molecule has 3 aromatic rings. The number of nitrogens with zero attached hydrogens (tertiary/aromatic N) is 2. The third kappa shape index (κ3) is 7.44. The van der Waals surface area contributed by atoms with E-state index in [-0.39, 0.29) is 11.9 Å². The lowest BCUT2D eigenvalue weighted by atomic mass is 10.0. The van der Waals surface area contributed by atoms with Crippen LogP contribution in [0.4, 0.5) is 11.4 Å². The summed E-state index contributed by atoms with van der Waals surface area (Å²) in [4.78, 5) is 20.3. The summed E-state index contributed by atoms with van der Waals surface area (Å²) in [7, 11) is 1.59. The molecule has 0 saturated carbocycles. The van der Waals surface area contributed by atoms with Gasteiger partial charge in [0.25, 0.3) is 5.91 Å². The summed E-state index contributed by atoms with van der Waals surface area (Å²) in [6.07, 6.45) is 7.47. The summed E-state index contributed by atoms with van der Waals surface area (Å²) in [5.74, 6) is 1.65. The molecule has 2 N–H and O–H groups in total. The second-order valence-electron chi connectivity index (χ2n) is 10.5. The van der Waals surface area contributed by atoms with Crippen LogP contribution in [-0.4, -0.2) is 45.0 Å². The highest BCUT2D eigenvalue weighted by atomic mass is 16.5. The molecule has 2 atom stereocenters. The predicted molar refractivity (Wildman–Crippen MR) is 166 cm³/mol. The molecule has 1 amide bonds. The zero-order valence-electron chi connectivity index (χ0n) is 24.0. The molecule has 41 heavy (non-hydrogen) atoms. The van der Waals surface area contributed by atoms with Gasteiger partial charge in [-0.25, -0.2) is 4.99 Å². The highest BCUT2D eigenvalue weighted by Crippen LogP contribution is 2.24. The summed E-state index contributed by atoms with van der Waals surface area (Å²) in [6, 6.07) is 23.6. The molecule has 2 aliphatic rings. The number of hydrogen-bond acceptors (Lipinski definition) is 6. The number of carbonyl (C=O) groups is 1. The van der Waals surface area contributed by atoms with Gasteiger partial charge in [-0.15, -0.1) is 0 Å². The third-order valence-electron chi connectivity index (χ3n) is 7.33. The van der Waals surface area contributed by atoms with E-state index >= 15 is 0 Å². The number of nitrogens with one attached hydrogen (secondary N) is 2. The van der Waals surface area contributed by atoms with Crippen LogP contribution >= 0.6 is 0 Å². The molecular weight excluding hydrogens is 512 g/mol. The summed E-state index contributed by atoms with van der Waals surface area (Å²) < 4.78 is 10.8. The molecule has 0 spiro atoms. The lowest BCUT2D eigenvalue weighted by Gasteiger charge is -2.29. The van der Waals surface area contributed by atoms with Gasteiger partial charge in [0.1, 0.15) is 11.6 Å². The van der Waals surface area contributed by atoms with Crippen LogP contribution in [0.1, 0.15) is 47.8 Å². The highest BCUT2D eigenvalue weighted by molar-refractivity contribution is 6.09. The monoisotopic (exact) mass is 550 g/mol. The lowest BCUT2D eigenvalue weighted by molar-refractivity contribution is 0.102. The van der Waals surface area contributed by atoms with Gasteiger partial charge in [0, 0.05) is 35.6 Å². The van der Waals surface area contributed by atoms with Crippen LogP contribution in [0.5, 0.6) is 5.75 Å². The van der Waals surface area contributed by atoms with Gasteiger partial charge < -0.3 is 25.0 Å². The van der Waals surface area contributed by atoms with Gasteiger partial charge in [-0.2, -0.15) is 0 Å². The molecule has 1 fully saturated rings. The largest absolute Gasteiger partial charge is 0.497 e. The van der Waals surface area contributed by atoms with E-state index in [1.165, 1.54) is 5.69 Å². The fourth-order valence-corrected chi connectivity index (χ4v) is 5.02. The molecule has 1 saturated heterocycles. The summed E-state index contributed by atoms with van der Waals surface area (Å²) in [6.45, 7) is 7.61. The van der Waals surface area contributed by atoms with Gasteiger partial charge in [0.15, 0.2) is 0 Å². The smallest absolute Gasteiger partial charge is 0.255 e. The van der Waals surface area contributed by atoms with E-state index in [1.54, 1.807) is 19.2 Å². The van der Waals surface area contributed by atoms with Gasteiger partial charge >= 0.3 is 0 Å². The predicted octanol–water partition coefficient (Wildman–Crippen LogP) is 6.36. The Kier molecular flexibility index (Phi) is 9.16. The maximum Gasteiger partial charge on any atom is 0.255 e. The molecule has 0 radical (unpaired) electrons. The zero-order chi connectivity index (χ0) is 28.6. The molecule has 7 heteroatoms. The normalized spacial score (nSPS) is 21.2. The van der Waals surface area contributed by atoms with Crippen molar-refractivity contribution >= 4 is 23.0 Å². The molecule has 212 valence electrons. The van der Waals surface area contributed by atoms with Gasteiger partial charge in [-0.3, -0.25) is 4.79 Å². The standard InChI is InChI=1S/C34H38N4O3/c1-24-8-4-15-32(27-10-6-13-30(22-27)38-16-18-41-19-17-38)37-33(20-24)35-25(2)26-9-5-12-29(21-26)36-34(39)28-11-7-14-31(23-28)40-3/h4-7,9-15,20-25,35H,8,16-19H2,1-3H3,(H,36,39)/b15-4+,33-20-,37-32+/t24?,25-/m0/s1. The van der Waals surface area contributed by atoms with Crippen LogP contribution in [0.25, 0.3) is 0 Å². The van der Waals surface area contributed by atoms with Gasteiger partial charge in [0.2, 0.25) is 0 Å². The number of hydrogen-bond donors (Lipinski definition) is 2. The quantitative estimate of drug-likeness (QED) is 0.341. The summed E-state index contributed by atoms with van der Waals surface area (Å²) in [5, 5.41) is 6.63. The van der Waals surface area contributed by atoms with E-state index in [4.69, 9.17) is 14.5 Å². The van der Waals surface area contributed by atoms with Crippen LogP contribution in [0.2, 0.25) is 0 Å². The van der Waals surface area contributed by atoms with Crippen molar-refractivity contribution in [3.63, 3.8) is 0 Å². The number of aliphatic imine (C=N–C) groups is 1. The first kappa shape index (κ1) is 28.2. The van der Waals surface area contributed by atoms with Crippen LogP contribution in [0.15, 0.2) is 102 Å². The highest BCUT2D eigenvalue weighted by Gasteiger charge is 2.15. The minimum absolute atomic E-state index is 0.0322. The number of carbonyl (C=O) groups excluding carboxylic acids is 1. The van der Waals surface area contributed by atoms with Crippen molar-refractivity contribution in [2.75, 3.05) is 43.6 Å². The lowest BCUT2D eigenvalue weighted by Crippen LogP contribution is -2.36. The molecule has 0 bridgehead atoms. The van der Waals surface area contributed by atoms with Crippen molar-refractivity contribution < 1.29 is 14.3 Å². The average Bonchev–Trinajstić information content (AvgIpc) is 3.00. The van der Waals surface area contributed by atoms with Crippen molar-refractivity contribution in [1.29, 1.82) is 0 Å². The number of rotatable bonds is 8. The Hall–Kier alpha value is -4.36. The van der Waals surface area contributed by atoms with Gasteiger partial charge in [0.05, 0.1) is 32.1 Å². The Bertz CT molecular complexity index is 1460. The summed E-state index contributed by atoms with van der Waals surface area (Å²) in [5.41, 5.74) is 5.53. The second-order valence-corrected chi connectivity index (χ2v) is 10.5. The first-order chi connectivity index (χ1) is 20.0. The number of allylic oxidation sites excluding steroid dienone is 3. The van der Waals surface area contributed by atoms with Crippen LogP contribution in [0.3, 0.4) is 0 Å². The van der Waals surface area contributed by atoms with Gasteiger partial charge in [-0.05, 0) is 79.4 Å². The van der Waals surface area contributed by atoms with Crippen LogP contribution in [0, 0.1) is 5.92 Å². The van der Waals surface area contributed by atoms with Crippen molar-refractivity contribution in [2.45, 2.75) is 26.3 Å². The molecule has 0 aliphatic carbocycles. The minimum atomic E-state index is -0.182.